The quantitative estimate of drug-likeness (QED) is 0.918. The fourth-order valence-electron chi connectivity index (χ4n) is 2.07. The lowest BCUT2D eigenvalue weighted by Crippen LogP contribution is -2.09. The van der Waals surface area contributed by atoms with E-state index in [-0.39, 0.29) is 0 Å². The van der Waals surface area contributed by atoms with E-state index in [1.54, 1.807) is 7.11 Å². The van der Waals surface area contributed by atoms with E-state index in [0.29, 0.717) is 5.25 Å². The van der Waals surface area contributed by atoms with Crippen molar-refractivity contribution in [2.45, 2.75) is 18.1 Å². The Morgan fingerprint density at radius 1 is 1.44 bits per heavy atom. The summed E-state index contributed by atoms with van der Waals surface area (Å²) in [7, 11) is 1.69. The second-order valence-electron chi connectivity index (χ2n) is 4.61. The van der Waals surface area contributed by atoms with Crippen LogP contribution in [0.2, 0.25) is 0 Å². The molecule has 1 aliphatic carbocycles. The molecule has 1 saturated carbocycles. The van der Waals surface area contributed by atoms with Crippen molar-refractivity contribution in [1.29, 1.82) is 0 Å². The van der Waals surface area contributed by atoms with Crippen molar-refractivity contribution in [1.82, 2.24) is 0 Å². The molecule has 0 bridgehead atoms. The van der Waals surface area contributed by atoms with Gasteiger partial charge in [0.2, 0.25) is 0 Å². The molecule has 0 spiro atoms. The number of thioether (sulfide) groups is 1. The largest absolute Gasteiger partial charge is 0.495 e. The zero-order valence-electron chi connectivity index (χ0n) is 10.1. The molecule has 5 heteroatoms. The van der Waals surface area contributed by atoms with Gasteiger partial charge in [0.05, 0.1) is 19.3 Å². The van der Waals surface area contributed by atoms with Crippen molar-refractivity contribution in [2.75, 3.05) is 19.0 Å². The first-order chi connectivity index (χ1) is 8.76. The summed E-state index contributed by atoms with van der Waals surface area (Å²) in [6, 6.07) is 5.94. The number of halogens is 1. The van der Waals surface area contributed by atoms with E-state index < -0.39 is 0 Å². The number of anilines is 1. The first-order valence-electron chi connectivity index (χ1n) is 6.08. The van der Waals surface area contributed by atoms with Gasteiger partial charge >= 0.3 is 0 Å². The lowest BCUT2D eigenvalue weighted by molar-refractivity contribution is 0.417. The topological polar surface area (TPSA) is 33.6 Å². The average Bonchev–Trinajstić information content (AvgIpc) is 3.11. The van der Waals surface area contributed by atoms with E-state index in [1.807, 2.05) is 30.0 Å². The third-order valence-corrected chi connectivity index (χ3v) is 5.01. The minimum Gasteiger partial charge on any atom is -0.495 e. The highest BCUT2D eigenvalue weighted by Gasteiger charge is 2.35. The zero-order chi connectivity index (χ0) is 12.5. The van der Waals surface area contributed by atoms with Crippen molar-refractivity contribution < 1.29 is 4.74 Å². The molecule has 1 aromatic rings. The SMILES string of the molecule is COc1ccc(Br)cc1NC1=NCC(C2CC2)S1. The second-order valence-corrected chi connectivity index (χ2v) is 6.75. The smallest absolute Gasteiger partial charge is 0.161 e. The summed E-state index contributed by atoms with van der Waals surface area (Å²) >= 11 is 5.35. The van der Waals surface area contributed by atoms with Crippen LogP contribution in [0.3, 0.4) is 0 Å². The van der Waals surface area contributed by atoms with Crippen LogP contribution >= 0.6 is 27.7 Å². The number of rotatable bonds is 3. The van der Waals surface area contributed by atoms with Crippen LogP contribution in [-0.2, 0) is 0 Å². The van der Waals surface area contributed by atoms with Gasteiger partial charge in [0.1, 0.15) is 5.75 Å². The highest BCUT2D eigenvalue weighted by molar-refractivity contribution is 9.10. The van der Waals surface area contributed by atoms with Gasteiger partial charge in [0.25, 0.3) is 0 Å². The van der Waals surface area contributed by atoms with Gasteiger partial charge in [-0.2, -0.15) is 0 Å². The van der Waals surface area contributed by atoms with Crippen LogP contribution in [-0.4, -0.2) is 24.1 Å². The van der Waals surface area contributed by atoms with Crippen molar-refractivity contribution in [3.63, 3.8) is 0 Å². The number of nitrogens with zero attached hydrogens (tertiary/aromatic N) is 1. The first kappa shape index (κ1) is 12.4. The maximum atomic E-state index is 5.35. The van der Waals surface area contributed by atoms with Crippen LogP contribution in [0.1, 0.15) is 12.8 Å². The predicted octanol–water partition coefficient (Wildman–Crippen LogP) is 3.75. The molecule has 1 fully saturated rings. The molecule has 0 saturated heterocycles. The molecule has 0 aromatic heterocycles. The van der Waals surface area contributed by atoms with Gasteiger partial charge < -0.3 is 10.1 Å². The Balaban J connectivity index is 1.70. The number of ether oxygens (including phenoxy) is 1. The molecular weight excluding hydrogens is 312 g/mol. The Morgan fingerprint density at radius 2 is 2.28 bits per heavy atom. The van der Waals surface area contributed by atoms with Crippen LogP contribution in [0.5, 0.6) is 5.75 Å². The Labute approximate surface area is 120 Å². The number of hydrogen-bond acceptors (Lipinski definition) is 4. The molecule has 18 heavy (non-hydrogen) atoms. The maximum Gasteiger partial charge on any atom is 0.161 e. The lowest BCUT2D eigenvalue weighted by atomic mass is 10.3. The molecule has 3 rings (SSSR count). The first-order valence-corrected chi connectivity index (χ1v) is 7.75. The third-order valence-electron chi connectivity index (χ3n) is 3.23. The molecule has 96 valence electrons. The molecule has 1 aromatic carbocycles. The van der Waals surface area contributed by atoms with Crippen molar-refractivity contribution in [3.05, 3.63) is 22.7 Å². The number of benzene rings is 1. The summed E-state index contributed by atoms with van der Waals surface area (Å²) in [4.78, 5) is 4.58. The minimum atomic E-state index is 0.686. The number of nitrogens with one attached hydrogen (secondary N) is 1. The fourth-order valence-corrected chi connectivity index (χ4v) is 3.65. The van der Waals surface area contributed by atoms with Crippen LogP contribution in [0.15, 0.2) is 27.7 Å². The standard InChI is InChI=1S/C13H15BrN2OS/c1-17-11-5-4-9(14)6-10(11)16-13-15-7-12(18-13)8-2-3-8/h4-6,8,12H,2-3,7H2,1H3,(H,15,16). The molecular formula is C13H15BrN2OS. The molecule has 1 aliphatic heterocycles. The Morgan fingerprint density at radius 3 is 3.00 bits per heavy atom. The maximum absolute atomic E-state index is 5.35. The molecule has 1 N–H and O–H groups in total. The van der Waals surface area contributed by atoms with Crippen LogP contribution < -0.4 is 10.1 Å². The van der Waals surface area contributed by atoms with Gasteiger partial charge in [-0.25, -0.2) is 0 Å². The minimum absolute atomic E-state index is 0.686. The number of hydrogen-bond donors (Lipinski definition) is 1. The zero-order valence-corrected chi connectivity index (χ0v) is 12.6. The molecule has 3 nitrogen and oxygen atoms in total. The van der Waals surface area contributed by atoms with Crippen LogP contribution in [0.25, 0.3) is 0 Å². The predicted molar refractivity (Wildman–Crippen MR) is 80.7 cm³/mol. The summed E-state index contributed by atoms with van der Waals surface area (Å²) in [6.07, 6.45) is 2.75. The third kappa shape index (κ3) is 2.67. The molecule has 2 aliphatic rings. The molecule has 1 atom stereocenters. The van der Waals surface area contributed by atoms with Gasteiger partial charge in [-0.3, -0.25) is 4.99 Å². The summed E-state index contributed by atoms with van der Waals surface area (Å²) in [5.41, 5.74) is 0.967. The normalized spacial score (nSPS) is 22.8. The van der Waals surface area contributed by atoms with Crippen molar-refractivity contribution >= 4 is 38.5 Å². The second kappa shape index (κ2) is 5.13. The summed E-state index contributed by atoms with van der Waals surface area (Å²) < 4.78 is 6.38. The number of aliphatic imine (C=N–C) groups is 1. The van der Waals surface area contributed by atoms with Gasteiger partial charge in [-0.15, -0.1) is 0 Å². The highest BCUT2D eigenvalue weighted by Crippen LogP contribution is 2.42. The molecule has 1 unspecified atom stereocenters. The molecule has 0 amide bonds. The number of amidine groups is 1. The summed E-state index contributed by atoms with van der Waals surface area (Å²) in [5, 5.41) is 5.07. The fraction of sp³-hybridized carbons (Fsp3) is 0.462. The van der Waals surface area contributed by atoms with Crippen LogP contribution in [0, 0.1) is 5.92 Å². The summed E-state index contributed by atoms with van der Waals surface area (Å²) in [6.45, 7) is 0.952. The Kier molecular flexibility index (Phi) is 3.52. The Hall–Kier alpha value is -0.680. The van der Waals surface area contributed by atoms with Gasteiger partial charge in [-0.1, -0.05) is 27.7 Å². The van der Waals surface area contributed by atoms with Gasteiger partial charge in [0.15, 0.2) is 5.17 Å². The monoisotopic (exact) mass is 326 g/mol. The van der Waals surface area contributed by atoms with E-state index in [4.69, 9.17) is 4.74 Å². The lowest BCUT2D eigenvalue weighted by Gasteiger charge is -2.11. The average molecular weight is 327 g/mol. The van der Waals surface area contributed by atoms with E-state index in [0.717, 1.165) is 33.5 Å². The van der Waals surface area contributed by atoms with Gasteiger partial charge in [-0.05, 0) is 37.0 Å². The van der Waals surface area contributed by atoms with E-state index in [2.05, 4.69) is 26.2 Å². The number of methoxy groups -OCH3 is 1. The van der Waals surface area contributed by atoms with E-state index in [9.17, 15) is 0 Å². The van der Waals surface area contributed by atoms with Gasteiger partial charge in [0, 0.05) is 9.72 Å². The highest BCUT2D eigenvalue weighted by atomic mass is 79.9. The summed E-state index contributed by atoms with van der Waals surface area (Å²) in [5.74, 6) is 1.74. The Bertz CT molecular complexity index is 488. The van der Waals surface area contributed by atoms with E-state index >= 15 is 0 Å². The molecule has 0 radical (unpaired) electrons. The van der Waals surface area contributed by atoms with Crippen molar-refractivity contribution in [2.24, 2.45) is 10.9 Å². The van der Waals surface area contributed by atoms with E-state index in [1.165, 1.54) is 12.8 Å². The van der Waals surface area contributed by atoms with Crippen LogP contribution in [0.4, 0.5) is 5.69 Å². The van der Waals surface area contributed by atoms with Crippen molar-refractivity contribution in [3.8, 4) is 5.75 Å². The molecule has 1 heterocycles.